The Kier molecular flexibility index (Phi) is 4.13. The zero-order valence-electron chi connectivity index (χ0n) is 10.5. The van der Waals surface area contributed by atoms with Gasteiger partial charge in [0.05, 0.1) is 12.3 Å². The number of rotatable bonds is 4. The lowest BCUT2D eigenvalue weighted by molar-refractivity contribution is -0.117. The average molecular weight is 259 g/mol. The Labute approximate surface area is 110 Å². The summed E-state index contributed by atoms with van der Waals surface area (Å²) in [6.07, 6.45) is 4.60. The number of halogens is 1. The molecule has 1 unspecified atom stereocenters. The van der Waals surface area contributed by atoms with Crippen molar-refractivity contribution in [3.8, 4) is 0 Å². The Morgan fingerprint density at radius 1 is 1.32 bits per heavy atom. The third kappa shape index (κ3) is 3.81. The predicted molar refractivity (Wildman–Crippen MR) is 70.7 cm³/mol. The summed E-state index contributed by atoms with van der Waals surface area (Å²) in [5, 5.41) is 2.77. The van der Waals surface area contributed by atoms with Crippen LogP contribution in [0.2, 0.25) is 0 Å². The van der Waals surface area contributed by atoms with Crippen LogP contribution in [0.25, 0.3) is 6.08 Å². The van der Waals surface area contributed by atoms with E-state index in [2.05, 4.69) is 5.32 Å². The van der Waals surface area contributed by atoms with E-state index in [0.29, 0.717) is 5.76 Å². The lowest BCUT2D eigenvalue weighted by Gasteiger charge is -2.08. The lowest BCUT2D eigenvalue weighted by atomic mass is 10.2. The molecule has 4 heteroatoms. The molecule has 19 heavy (non-hydrogen) atoms. The van der Waals surface area contributed by atoms with Crippen LogP contribution < -0.4 is 5.32 Å². The molecule has 0 spiro atoms. The van der Waals surface area contributed by atoms with Gasteiger partial charge in [0.25, 0.3) is 0 Å². The predicted octanol–water partition coefficient (Wildman–Crippen LogP) is 3.31. The number of furan rings is 1. The van der Waals surface area contributed by atoms with Crippen molar-refractivity contribution in [2.75, 3.05) is 0 Å². The number of carbonyl (C=O) groups is 1. The van der Waals surface area contributed by atoms with E-state index >= 15 is 0 Å². The molecular weight excluding hydrogens is 245 g/mol. The largest absolute Gasteiger partial charge is 0.467 e. The van der Waals surface area contributed by atoms with Crippen LogP contribution in [-0.2, 0) is 4.79 Å². The van der Waals surface area contributed by atoms with Gasteiger partial charge in [-0.3, -0.25) is 4.79 Å². The molecule has 0 saturated heterocycles. The molecule has 0 fully saturated rings. The van der Waals surface area contributed by atoms with Crippen molar-refractivity contribution in [1.82, 2.24) is 5.32 Å². The summed E-state index contributed by atoms with van der Waals surface area (Å²) in [4.78, 5) is 11.7. The summed E-state index contributed by atoms with van der Waals surface area (Å²) in [7, 11) is 0. The Hall–Kier alpha value is -2.36. The van der Waals surface area contributed by atoms with Crippen LogP contribution in [0.15, 0.2) is 53.2 Å². The number of nitrogens with one attached hydrogen (secondary N) is 1. The first-order valence-corrected chi connectivity index (χ1v) is 5.93. The topological polar surface area (TPSA) is 42.2 Å². The van der Waals surface area contributed by atoms with Crippen molar-refractivity contribution in [3.63, 3.8) is 0 Å². The molecule has 0 aliphatic rings. The third-order valence-electron chi connectivity index (χ3n) is 2.63. The van der Waals surface area contributed by atoms with Gasteiger partial charge in [-0.15, -0.1) is 0 Å². The summed E-state index contributed by atoms with van der Waals surface area (Å²) in [5.74, 6) is 0.171. The average Bonchev–Trinajstić information content (AvgIpc) is 2.92. The molecule has 0 saturated carbocycles. The molecule has 0 bridgehead atoms. The molecule has 1 aromatic carbocycles. The van der Waals surface area contributed by atoms with Crippen LogP contribution in [0.5, 0.6) is 0 Å². The molecule has 2 rings (SSSR count). The molecule has 1 amide bonds. The maximum atomic E-state index is 12.7. The van der Waals surface area contributed by atoms with Crippen LogP contribution in [0.4, 0.5) is 4.39 Å². The number of hydrogen-bond acceptors (Lipinski definition) is 2. The molecule has 0 radical (unpaired) electrons. The van der Waals surface area contributed by atoms with Gasteiger partial charge < -0.3 is 9.73 Å². The van der Waals surface area contributed by atoms with E-state index in [0.717, 1.165) is 5.56 Å². The minimum atomic E-state index is -0.298. The molecule has 1 aromatic heterocycles. The second-order valence-corrected chi connectivity index (χ2v) is 4.13. The minimum Gasteiger partial charge on any atom is -0.467 e. The van der Waals surface area contributed by atoms with E-state index in [-0.39, 0.29) is 17.8 Å². The van der Waals surface area contributed by atoms with Crippen LogP contribution in [0.3, 0.4) is 0 Å². The third-order valence-corrected chi connectivity index (χ3v) is 2.63. The quantitative estimate of drug-likeness (QED) is 0.856. The SMILES string of the molecule is CC(NC(=O)C=Cc1ccc(F)cc1)c1ccco1. The molecule has 1 heterocycles. The second kappa shape index (κ2) is 6.00. The van der Waals surface area contributed by atoms with Gasteiger partial charge in [0.2, 0.25) is 5.91 Å². The van der Waals surface area contributed by atoms with Gasteiger partial charge in [0, 0.05) is 6.08 Å². The van der Waals surface area contributed by atoms with Gasteiger partial charge in [-0.2, -0.15) is 0 Å². The van der Waals surface area contributed by atoms with Gasteiger partial charge in [0.15, 0.2) is 0 Å². The Morgan fingerprint density at radius 3 is 2.68 bits per heavy atom. The van der Waals surface area contributed by atoms with Crippen LogP contribution in [0.1, 0.15) is 24.3 Å². The first kappa shape index (κ1) is 13.1. The van der Waals surface area contributed by atoms with Gasteiger partial charge >= 0.3 is 0 Å². The Bertz CT molecular complexity index is 558. The van der Waals surface area contributed by atoms with Crippen LogP contribution >= 0.6 is 0 Å². The molecule has 0 aliphatic heterocycles. The van der Waals surface area contributed by atoms with Crippen molar-refractivity contribution in [2.24, 2.45) is 0 Å². The lowest BCUT2D eigenvalue weighted by Crippen LogP contribution is -2.24. The second-order valence-electron chi connectivity index (χ2n) is 4.13. The number of amides is 1. The minimum absolute atomic E-state index is 0.194. The monoisotopic (exact) mass is 259 g/mol. The van der Waals surface area contributed by atoms with E-state index in [9.17, 15) is 9.18 Å². The fourth-order valence-electron chi connectivity index (χ4n) is 1.62. The number of benzene rings is 1. The zero-order chi connectivity index (χ0) is 13.7. The summed E-state index contributed by atoms with van der Waals surface area (Å²) in [6.45, 7) is 1.84. The summed E-state index contributed by atoms with van der Waals surface area (Å²) in [5.41, 5.74) is 0.766. The fourth-order valence-corrected chi connectivity index (χ4v) is 1.62. The summed E-state index contributed by atoms with van der Waals surface area (Å²) >= 11 is 0. The van der Waals surface area contributed by atoms with Crippen molar-refractivity contribution in [3.05, 3.63) is 65.9 Å². The smallest absolute Gasteiger partial charge is 0.244 e. The number of hydrogen-bond donors (Lipinski definition) is 1. The van der Waals surface area contributed by atoms with E-state index in [1.165, 1.54) is 18.2 Å². The maximum Gasteiger partial charge on any atom is 0.244 e. The Balaban J connectivity index is 1.92. The number of carbonyl (C=O) groups excluding carboxylic acids is 1. The van der Waals surface area contributed by atoms with Crippen LogP contribution in [0, 0.1) is 5.82 Å². The van der Waals surface area contributed by atoms with Crippen molar-refractivity contribution >= 4 is 12.0 Å². The van der Waals surface area contributed by atoms with E-state index < -0.39 is 0 Å². The summed E-state index contributed by atoms with van der Waals surface area (Å²) in [6, 6.07) is 9.29. The highest BCUT2D eigenvalue weighted by atomic mass is 19.1. The molecule has 1 N–H and O–H groups in total. The van der Waals surface area contributed by atoms with Crippen molar-refractivity contribution in [2.45, 2.75) is 13.0 Å². The van der Waals surface area contributed by atoms with Gasteiger partial charge in [-0.05, 0) is 42.8 Å². The highest BCUT2D eigenvalue weighted by molar-refractivity contribution is 5.91. The van der Waals surface area contributed by atoms with Gasteiger partial charge in [0.1, 0.15) is 11.6 Å². The van der Waals surface area contributed by atoms with E-state index in [1.54, 1.807) is 36.6 Å². The van der Waals surface area contributed by atoms with Crippen molar-refractivity contribution in [1.29, 1.82) is 0 Å². The first-order valence-electron chi connectivity index (χ1n) is 5.93. The molecule has 1 atom stereocenters. The van der Waals surface area contributed by atoms with Gasteiger partial charge in [-0.25, -0.2) is 4.39 Å². The van der Waals surface area contributed by atoms with Gasteiger partial charge in [-0.1, -0.05) is 12.1 Å². The standard InChI is InChI=1S/C15H14FNO2/c1-11(14-3-2-10-19-14)17-15(18)9-6-12-4-7-13(16)8-5-12/h2-11H,1H3,(H,17,18). The van der Waals surface area contributed by atoms with Crippen molar-refractivity contribution < 1.29 is 13.6 Å². The maximum absolute atomic E-state index is 12.7. The molecule has 3 nitrogen and oxygen atoms in total. The first-order chi connectivity index (χ1) is 9.15. The molecule has 98 valence electrons. The summed E-state index contributed by atoms with van der Waals surface area (Å²) < 4.78 is 17.9. The highest BCUT2D eigenvalue weighted by Crippen LogP contribution is 2.12. The van der Waals surface area contributed by atoms with Crippen LogP contribution in [-0.4, -0.2) is 5.91 Å². The molecule has 2 aromatic rings. The highest BCUT2D eigenvalue weighted by Gasteiger charge is 2.09. The fraction of sp³-hybridized carbons (Fsp3) is 0.133. The Morgan fingerprint density at radius 2 is 2.05 bits per heavy atom. The normalized spacial score (nSPS) is 12.5. The van der Waals surface area contributed by atoms with E-state index in [1.807, 2.05) is 6.92 Å². The molecule has 0 aliphatic carbocycles. The zero-order valence-corrected chi connectivity index (χ0v) is 10.5. The molecular formula is C15H14FNO2. The van der Waals surface area contributed by atoms with E-state index in [4.69, 9.17) is 4.42 Å².